The first-order valence-electron chi connectivity index (χ1n) is 15.2. The van der Waals surface area contributed by atoms with E-state index >= 15 is 0 Å². The fraction of sp³-hybridized carbons (Fsp3) is 0.412. The van der Waals surface area contributed by atoms with Crippen molar-refractivity contribution in [2.45, 2.75) is 63.4 Å². The fourth-order valence-corrected chi connectivity index (χ4v) is 6.80. The Kier molecular flexibility index (Phi) is 7.95. The molecule has 2 saturated heterocycles. The number of rotatable bonds is 7. The molecule has 0 saturated carbocycles. The smallest absolute Gasteiger partial charge is 0.337 e. The maximum atomic E-state index is 14.7. The summed E-state index contributed by atoms with van der Waals surface area (Å²) in [5.41, 5.74) is 3.81. The number of para-hydroxylation sites is 1. The number of likely N-dealkylation sites (tertiary alicyclic amines) is 1. The number of carbonyl (C=O) groups is 1. The third kappa shape index (κ3) is 5.53. The second kappa shape index (κ2) is 12.0. The molecule has 3 aliphatic rings. The van der Waals surface area contributed by atoms with Gasteiger partial charge in [0.25, 0.3) is 0 Å². The maximum Gasteiger partial charge on any atom is 0.337 e. The molecular formula is C34H35ClFN3O5. The van der Waals surface area contributed by atoms with Crippen molar-refractivity contribution in [3.63, 3.8) is 0 Å². The molecule has 8 nitrogen and oxygen atoms in total. The van der Waals surface area contributed by atoms with E-state index in [1.165, 1.54) is 13.2 Å². The second-order valence-corrected chi connectivity index (χ2v) is 12.4. The lowest BCUT2D eigenvalue weighted by Gasteiger charge is -2.39. The predicted octanol–water partition coefficient (Wildman–Crippen LogP) is 6.68. The second-order valence-electron chi connectivity index (χ2n) is 11.9. The Bertz CT molecular complexity index is 1710. The SMILES string of the molecule is COC(=O)c1ccc2nc(CN3CCC(c4cccc5c4O[C@@H](c4ccc(Cl)cc4F)CO5)CC3C)n(C[C@@H]3CCO3)c2c1. The van der Waals surface area contributed by atoms with Crippen molar-refractivity contribution < 1.29 is 28.1 Å². The Balaban J connectivity index is 1.10. The standard InChI is InChI=1S/C34H35ClFN3O5/c1-20-14-21(25-4-3-5-30-33(25)44-31(19-43-30)26-8-7-23(35)16-27(26)36)10-12-38(20)18-32-37-28-9-6-22(34(40)41-2)15-29(28)39(32)17-24-11-13-42-24/h3-9,15-16,20-21,24,31H,10-14,17-19H2,1-2H3/t20?,21?,24-,31+/m0/s1. The van der Waals surface area contributed by atoms with E-state index in [4.69, 9.17) is 35.5 Å². The van der Waals surface area contributed by atoms with Gasteiger partial charge < -0.3 is 23.5 Å². The molecule has 3 aromatic carbocycles. The van der Waals surface area contributed by atoms with Gasteiger partial charge in [-0.3, -0.25) is 4.90 Å². The highest BCUT2D eigenvalue weighted by Gasteiger charge is 2.34. The molecule has 0 amide bonds. The summed E-state index contributed by atoms with van der Waals surface area (Å²) in [7, 11) is 1.39. The largest absolute Gasteiger partial charge is 0.485 e. The van der Waals surface area contributed by atoms with Crippen LogP contribution in [-0.4, -0.2) is 59.4 Å². The van der Waals surface area contributed by atoms with Crippen molar-refractivity contribution in [3.8, 4) is 11.5 Å². The summed E-state index contributed by atoms with van der Waals surface area (Å²) in [5, 5.41) is 0.350. The van der Waals surface area contributed by atoms with Crippen LogP contribution in [0, 0.1) is 5.82 Å². The molecule has 1 aromatic heterocycles. The van der Waals surface area contributed by atoms with E-state index in [0.29, 0.717) is 40.7 Å². The lowest BCUT2D eigenvalue weighted by molar-refractivity contribution is -0.0592. The van der Waals surface area contributed by atoms with Gasteiger partial charge in [-0.15, -0.1) is 0 Å². The molecule has 44 heavy (non-hydrogen) atoms. The highest BCUT2D eigenvalue weighted by Crippen LogP contribution is 2.45. The van der Waals surface area contributed by atoms with Gasteiger partial charge in [-0.25, -0.2) is 14.2 Å². The highest BCUT2D eigenvalue weighted by molar-refractivity contribution is 6.30. The number of carbonyl (C=O) groups excluding carboxylic acids is 1. The summed E-state index contributed by atoms with van der Waals surface area (Å²) in [4.78, 5) is 19.7. The molecule has 7 rings (SSSR count). The van der Waals surface area contributed by atoms with Gasteiger partial charge >= 0.3 is 5.97 Å². The first-order valence-corrected chi connectivity index (χ1v) is 15.6. The zero-order valence-corrected chi connectivity index (χ0v) is 25.6. The van der Waals surface area contributed by atoms with Crippen LogP contribution in [0.25, 0.3) is 11.0 Å². The molecule has 0 bridgehead atoms. The first-order chi connectivity index (χ1) is 21.4. The summed E-state index contributed by atoms with van der Waals surface area (Å²) < 4.78 is 40.2. The van der Waals surface area contributed by atoms with Crippen LogP contribution < -0.4 is 9.47 Å². The molecule has 0 N–H and O–H groups in total. The van der Waals surface area contributed by atoms with Crippen LogP contribution in [0.1, 0.15) is 65.5 Å². The Morgan fingerprint density at radius 1 is 1.14 bits per heavy atom. The van der Waals surface area contributed by atoms with Gasteiger partial charge in [0.1, 0.15) is 18.2 Å². The summed E-state index contributed by atoms with van der Waals surface area (Å²) in [5.74, 6) is 1.86. The minimum absolute atomic E-state index is 0.146. The highest BCUT2D eigenvalue weighted by atomic mass is 35.5. The van der Waals surface area contributed by atoms with E-state index in [-0.39, 0.29) is 30.6 Å². The summed E-state index contributed by atoms with van der Waals surface area (Å²) in [6.07, 6.45) is 2.47. The quantitative estimate of drug-likeness (QED) is 0.214. The molecular weight excluding hydrogens is 585 g/mol. The fourth-order valence-electron chi connectivity index (χ4n) is 6.65. The van der Waals surface area contributed by atoms with Gasteiger partial charge in [0.05, 0.1) is 42.9 Å². The number of hydrogen-bond donors (Lipinski definition) is 0. The number of fused-ring (bicyclic) bond motifs is 2. The van der Waals surface area contributed by atoms with Crippen molar-refractivity contribution >= 4 is 28.6 Å². The van der Waals surface area contributed by atoms with Crippen LogP contribution in [-0.2, 0) is 22.6 Å². The minimum Gasteiger partial charge on any atom is -0.485 e. The molecule has 230 valence electrons. The monoisotopic (exact) mass is 619 g/mol. The molecule has 10 heteroatoms. The summed E-state index contributed by atoms with van der Waals surface area (Å²) in [6, 6.07) is 16.5. The zero-order valence-electron chi connectivity index (χ0n) is 24.8. The maximum absolute atomic E-state index is 14.7. The van der Waals surface area contributed by atoms with Gasteiger partial charge in [0, 0.05) is 28.8 Å². The number of ether oxygens (including phenoxy) is 4. The molecule has 2 unspecified atom stereocenters. The Morgan fingerprint density at radius 2 is 2.00 bits per heavy atom. The number of benzene rings is 3. The minimum atomic E-state index is -0.550. The third-order valence-corrected chi connectivity index (χ3v) is 9.43. The summed E-state index contributed by atoms with van der Waals surface area (Å²) >= 11 is 5.98. The van der Waals surface area contributed by atoms with Crippen LogP contribution in [0.15, 0.2) is 54.6 Å². The molecule has 2 fully saturated rings. The molecule has 3 aliphatic heterocycles. The number of esters is 1. The molecule has 4 heterocycles. The van der Waals surface area contributed by atoms with E-state index in [0.717, 1.165) is 54.8 Å². The Labute approximate surface area is 260 Å². The molecule has 4 atom stereocenters. The molecule has 4 aromatic rings. The van der Waals surface area contributed by atoms with Crippen LogP contribution in [0.5, 0.6) is 11.5 Å². The number of aromatic nitrogens is 2. The molecule has 0 spiro atoms. The van der Waals surface area contributed by atoms with Crippen molar-refractivity contribution in [2.24, 2.45) is 0 Å². The van der Waals surface area contributed by atoms with Crippen LogP contribution in [0.2, 0.25) is 5.02 Å². The van der Waals surface area contributed by atoms with Gasteiger partial charge in [-0.1, -0.05) is 29.8 Å². The molecule has 0 aliphatic carbocycles. The van der Waals surface area contributed by atoms with Gasteiger partial charge in [-0.05, 0) is 75.0 Å². The average molecular weight is 620 g/mol. The Morgan fingerprint density at radius 3 is 2.75 bits per heavy atom. The summed E-state index contributed by atoms with van der Waals surface area (Å²) in [6.45, 7) is 5.53. The number of methoxy groups -OCH3 is 1. The van der Waals surface area contributed by atoms with Crippen LogP contribution in [0.3, 0.4) is 0 Å². The average Bonchev–Trinajstić information content (AvgIpc) is 3.34. The topological polar surface area (TPSA) is 75.0 Å². The number of nitrogens with zero attached hydrogens (tertiary/aromatic N) is 3. The van der Waals surface area contributed by atoms with E-state index in [1.54, 1.807) is 18.2 Å². The number of halogens is 2. The van der Waals surface area contributed by atoms with E-state index in [1.807, 2.05) is 24.3 Å². The van der Waals surface area contributed by atoms with Crippen molar-refractivity contribution in [1.82, 2.24) is 14.5 Å². The van der Waals surface area contributed by atoms with Crippen molar-refractivity contribution in [1.29, 1.82) is 0 Å². The lowest BCUT2D eigenvalue weighted by atomic mass is 9.85. The Hall–Kier alpha value is -3.66. The van der Waals surface area contributed by atoms with Crippen molar-refractivity contribution in [2.75, 3.05) is 26.9 Å². The number of piperidine rings is 1. The van der Waals surface area contributed by atoms with E-state index < -0.39 is 11.9 Å². The third-order valence-electron chi connectivity index (χ3n) is 9.20. The van der Waals surface area contributed by atoms with Gasteiger partial charge in [-0.2, -0.15) is 0 Å². The van der Waals surface area contributed by atoms with Crippen molar-refractivity contribution in [3.05, 3.63) is 88.0 Å². The number of imidazole rings is 1. The van der Waals surface area contributed by atoms with Crippen LogP contribution >= 0.6 is 11.6 Å². The lowest BCUT2D eigenvalue weighted by Crippen LogP contribution is -2.40. The van der Waals surface area contributed by atoms with Gasteiger partial charge in [0.15, 0.2) is 17.6 Å². The van der Waals surface area contributed by atoms with E-state index in [2.05, 4.69) is 22.5 Å². The zero-order chi connectivity index (χ0) is 30.4. The first kappa shape index (κ1) is 29.1. The number of hydrogen-bond acceptors (Lipinski definition) is 7. The molecule has 0 radical (unpaired) electrons. The van der Waals surface area contributed by atoms with Crippen LogP contribution in [0.4, 0.5) is 4.39 Å². The predicted molar refractivity (Wildman–Crippen MR) is 164 cm³/mol. The normalized spacial score (nSPS) is 23.4. The van der Waals surface area contributed by atoms with E-state index in [9.17, 15) is 9.18 Å². The van der Waals surface area contributed by atoms with Gasteiger partial charge in [0.2, 0.25) is 0 Å².